The lowest BCUT2D eigenvalue weighted by molar-refractivity contribution is -0.113. The van der Waals surface area contributed by atoms with Gasteiger partial charge in [0.15, 0.2) is 5.76 Å². The highest BCUT2D eigenvalue weighted by Gasteiger charge is 1.95. The van der Waals surface area contributed by atoms with Crippen LogP contribution in [0.4, 0.5) is 0 Å². The fourth-order valence-electron chi connectivity index (χ4n) is 0.255. The average molecular weight is 127 g/mol. The number of allylic oxidation sites excluding steroid dienone is 1. The van der Waals surface area contributed by atoms with Crippen LogP contribution in [-0.4, -0.2) is 17.9 Å². The highest BCUT2D eigenvalue weighted by molar-refractivity contribution is 6.01. The van der Waals surface area contributed by atoms with Gasteiger partial charge in [-0.1, -0.05) is 6.58 Å². The number of carbonyl (C=O) groups excluding carboxylic acids is 1. The first-order chi connectivity index (χ1) is 4.18. The topological polar surface area (TPSA) is 49.3 Å². The van der Waals surface area contributed by atoms with Crippen molar-refractivity contribution < 1.29 is 9.90 Å². The third-order valence-electron chi connectivity index (χ3n) is 0.686. The molecule has 0 fully saturated rings. The minimum Gasteiger partial charge on any atom is -0.505 e. The van der Waals surface area contributed by atoms with Gasteiger partial charge < -0.3 is 10.4 Å². The number of rotatable bonds is 3. The zero-order valence-electron chi connectivity index (χ0n) is 5.22. The van der Waals surface area contributed by atoms with E-state index in [1.165, 1.54) is 12.3 Å². The Kier molecular flexibility index (Phi) is 3.20. The second-order valence-corrected chi connectivity index (χ2v) is 1.43. The molecule has 0 saturated carbocycles. The van der Waals surface area contributed by atoms with Gasteiger partial charge in [-0.15, -0.1) is 0 Å². The molecule has 0 bridgehead atoms. The molecular formula is C6H9NO2. The van der Waals surface area contributed by atoms with E-state index in [1.807, 2.05) is 0 Å². The van der Waals surface area contributed by atoms with E-state index in [-0.39, 0.29) is 0 Å². The second kappa shape index (κ2) is 3.72. The van der Waals surface area contributed by atoms with E-state index in [0.29, 0.717) is 0 Å². The van der Waals surface area contributed by atoms with Crippen LogP contribution in [0, 0.1) is 0 Å². The van der Waals surface area contributed by atoms with Gasteiger partial charge in [0.2, 0.25) is 5.78 Å². The molecule has 0 amide bonds. The fraction of sp³-hybridized carbons (Fsp3) is 0.167. The zero-order chi connectivity index (χ0) is 7.28. The molecule has 0 aliphatic carbocycles. The first kappa shape index (κ1) is 7.75. The molecule has 0 rings (SSSR count). The molecular weight excluding hydrogens is 118 g/mol. The summed E-state index contributed by atoms with van der Waals surface area (Å²) in [7, 11) is 1.66. The van der Waals surface area contributed by atoms with E-state index < -0.39 is 11.5 Å². The maximum atomic E-state index is 10.4. The van der Waals surface area contributed by atoms with Crippen molar-refractivity contribution in [2.75, 3.05) is 7.05 Å². The highest BCUT2D eigenvalue weighted by Crippen LogP contribution is 1.85. The van der Waals surface area contributed by atoms with Crippen LogP contribution in [0.15, 0.2) is 24.6 Å². The van der Waals surface area contributed by atoms with Gasteiger partial charge in [-0.3, -0.25) is 4.79 Å². The lowest BCUT2D eigenvalue weighted by atomic mass is 10.3. The molecule has 9 heavy (non-hydrogen) atoms. The molecule has 0 atom stereocenters. The van der Waals surface area contributed by atoms with Gasteiger partial charge in [-0.2, -0.15) is 0 Å². The lowest BCUT2D eigenvalue weighted by Crippen LogP contribution is -1.99. The minimum atomic E-state index is -0.482. The summed E-state index contributed by atoms with van der Waals surface area (Å²) in [5.74, 6) is -0.925. The summed E-state index contributed by atoms with van der Waals surface area (Å²) in [6.45, 7) is 3.03. The molecule has 3 nitrogen and oxygen atoms in total. The third-order valence-corrected chi connectivity index (χ3v) is 0.686. The summed E-state index contributed by atoms with van der Waals surface area (Å²) in [5, 5.41) is 11.0. The van der Waals surface area contributed by atoms with Gasteiger partial charge in [-0.05, 0) is 0 Å². The number of hydrogen-bond acceptors (Lipinski definition) is 3. The van der Waals surface area contributed by atoms with Crippen LogP contribution >= 0.6 is 0 Å². The van der Waals surface area contributed by atoms with Gasteiger partial charge in [0.05, 0.1) is 0 Å². The van der Waals surface area contributed by atoms with E-state index in [1.54, 1.807) is 7.05 Å². The first-order valence-electron chi connectivity index (χ1n) is 2.44. The smallest absolute Gasteiger partial charge is 0.220 e. The standard InChI is InChI=1S/C6H9NO2/c1-5(8)6(9)3-4-7-2/h3-4,7-8H,1H2,2H3/b4-3-. The molecule has 2 N–H and O–H groups in total. The Morgan fingerprint density at radius 3 is 2.67 bits per heavy atom. The Hall–Kier alpha value is -1.25. The summed E-state index contributed by atoms with van der Waals surface area (Å²) in [6, 6.07) is 0. The van der Waals surface area contributed by atoms with Gasteiger partial charge in [0, 0.05) is 19.3 Å². The summed E-state index contributed by atoms with van der Waals surface area (Å²) >= 11 is 0. The first-order valence-corrected chi connectivity index (χ1v) is 2.44. The highest BCUT2D eigenvalue weighted by atomic mass is 16.3. The molecule has 0 radical (unpaired) electrons. The molecule has 0 unspecified atom stereocenters. The van der Waals surface area contributed by atoms with Crippen molar-refractivity contribution in [2.24, 2.45) is 0 Å². The maximum absolute atomic E-state index is 10.4. The van der Waals surface area contributed by atoms with Gasteiger partial charge in [0.1, 0.15) is 0 Å². The molecule has 3 heteroatoms. The Morgan fingerprint density at radius 2 is 2.33 bits per heavy atom. The Morgan fingerprint density at radius 1 is 1.78 bits per heavy atom. The van der Waals surface area contributed by atoms with Crippen molar-refractivity contribution in [3.05, 3.63) is 24.6 Å². The Balaban J connectivity index is 3.77. The average Bonchev–Trinajstić information content (AvgIpc) is 1.82. The van der Waals surface area contributed by atoms with Crippen LogP contribution in [0.2, 0.25) is 0 Å². The van der Waals surface area contributed by atoms with Crippen LogP contribution in [0.5, 0.6) is 0 Å². The molecule has 0 aliphatic rings. The predicted octanol–water partition coefficient (Wildman–Crippen LogP) is 0.360. The Bertz CT molecular complexity index is 149. The number of aliphatic hydroxyl groups excluding tert-OH is 1. The number of hydrogen-bond donors (Lipinski definition) is 2. The zero-order valence-corrected chi connectivity index (χ0v) is 5.22. The quantitative estimate of drug-likeness (QED) is 0.425. The van der Waals surface area contributed by atoms with Crippen LogP contribution < -0.4 is 5.32 Å². The monoisotopic (exact) mass is 127 g/mol. The largest absolute Gasteiger partial charge is 0.505 e. The molecule has 0 aromatic rings. The molecule has 0 aromatic heterocycles. The number of carbonyl (C=O) groups is 1. The molecule has 0 spiro atoms. The van der Waals surface area contributed by atoms with Gasteiger partial charge >= 0.3 is 0 Å². The summed E-state index contributed by atoms with van der Waals surface area (Å²) in [4.78, 5) is 10.4. The third kappa shape index (κ3) is 3.34. The molecule has 0 heterocycles. The summed E-state index contributed by atoms with van der Waals surface area (Å²) in [5.41, 5.74) is 0. The summed E-state index contributed by atoms with van der Waals surface area (Å²) in [6.07, 6.45) is 2.62. The normalized spacial score (nSPS) is 9.44. The van der Waals surface area contributed by atoms with Crippen LogP contribution in [0.25, 0.3) is 0 Å². The van der Waals surface area contributed by atoms with E-state index >= 15 is 0 Å². The summed E-state index contributed by atoms with van der Waals surface area (Å²) < 4.78 is 0. The minimum absolute atomic E-state index is 0.443. The molecule has 0 aliphatic heterocycles. The molecule has 50 valence electrons. The van der Waals surface area contributed by atoms with Gasteiger partial charge in [0.25, 0.3) is 0 Å². The number of aliphatic hydroxyl groups is 1. The maximum Gasteiger partial charge on any atom is 0.220 e. The van der Waals surface area contributed by atoms with Crippen molar-refractivity contribution in [1.82, 2.24) is 5.32 Å². The second-order valence-electron chi connectivity index (χ2n) is 1.43. The van der Waals surface area contributed by atoms with Crippen molar-refractivity contribution in [1.29, 1.82) is 0 Å². The SMILES string of the molecule is C=C(O)C(=O)/C=C\NC. The van der Waals surface area contributed by atoms with Crippen LogP contribution in [0.1, 0.15) is 0 Å². The van der Waals surface area contributed by atoms with E-state index in [9.17, 15) is 4.79 Å². The van der Waals surface area contributed by atoms with Crippen molar-refractivity contribution in [2.45, 2.75) is 0 Å². The van der Waals surface area contributed by atoms with E-state index in [4.69, 9.17) is 5.11 Å². The number of ketones is 1. The van der Waals surface area contributed by atoms with Crippen molar-refractivity contribution in [3.63, 3.8) is 0 Å². The molecule has 0 saturated heterocycles. The van der Waals surface area contributed by atoms with Crippen LogP contribution in [-0.2, 0) is 4.79 Å². The van der Waals surface area contributed by atoms with Gasteiger partial charge in [-0.25, -0.2) is 0 Å². The van der Waals surface area contributed by atoms with Crippen molar-refractivity contribution in [3.8, 4) is 0 Å². The van der Waals surface area contributed by atoms with Crippen molar-refractivity contribution >= 4 is 5.78 Å². The predicted molar refractivity (Wildman–Crippen MR) is 35.0 cm³/mol. The molecule has 0 aromatic carbocycles. The van der Waals surface area contributed by atoms with E-state index in [2.05, 4.69) is 11.9 Å². The number of nitrogens with one attached hydrogen (secondary N) is 1. The fourth-order valence-corrected chi connectivity index (χ4v) is 0.255. The Labute approximate surface area is 53.7 Å². The van der Waals surface area contributed by atoms with Crippen LogP contribution in [0.3, 0.4) is 0 Å². The van der Waals surface area contributed by atoms with E-state index in [0.717, 1.165) is 0 Å². The lowest BCUT2D eigenvalue weighted by Gasteiger charge is -1.87.